The smallest absolute Gasteiger partial charge is 0.323 e. The first-order valence-corrected chi connectivity index (χ1v) is 9.82. The lowest BCUT2D eigenvalue weighted by atomic mass is 10.1. The van der Waals surface area contributed by atoms with Gasteiger partial charge in [0, 0.05) is 15.6 Å². The van der Waals surface area contributed by atoms with Crippen LogP contribution in [0.15, 0.2) is 52.4 Å². The third-order valence-corrected chi connectivity index (χ3v) is 5.56. The lowest BCUT2D eigenvalue weighted by Gasteiger charge is -2.13. The maximum absolute atomic E-state index is 12.9. The Balaban J connectivity index is 1.75. The zero-order chi connectivity index (χ0) is 20.7. The number of hydrogen-bond donors (Lipinski definition) is 2. The van der Waals surface area contributed by atoms with E-state index in [1.165, 1.54) is 0 Å². The highest BCUT2D eigenvalue weighted by molar-refractivity contribution is 8.18. The second kappa shape index (κ2) is 7.55. The topological polar surface area (TPSA) is 99.1 Å². The van der Waals surface area contributed by atoms with Gasteiger partial charge in [0.25, 0.3) is 11.8 Å². The number of carboxylic acids is 1. The second-order valence-corrected chi connectivity index (χ2v) is 7.98. The summed E-state index contributed by atoms with van der Waals surface area (Å²) in [5, 5.41) is 12.8. The maximum Gasteiger partial charge on any atom is 0.323 e. The third kappa shape index (κ3) is 3.74. The Hall–Kier alpha value is -2.81. The summed E-state index contributed by atoms with van der Waals surface area (Å²) in [6.45, 7) is -0.499. The van der Waals surface area contributed by atoms with E-state index < -0.39 is 24.3 Å². The van der Waals surface area contributed by atoms with Crippen LogP contribution in [0.3, 0.4) is 0 Å². The molecule has 2 aliphatic heterocycles. The first kappa shape index (κ1) is 19.5. The molecular formula is C19H11Cl2N3O4S. The van der Waals surface area contributed by atoms with Crippen molar-refractivity contribution >= 4 is 74.9 Å². The molecule has 0 aliphatic carbocycles. The number of carbonyl (C=O) groups excluding carboxylic acids is 2. The number of nitrogens with one attached hydrogen (secondary N) is 1. The molecule has 0 radical (unpaired) electrons. The molecule has 10 heteroatoms. The highest BCUT2D eigenvalue weighted by Gasteiger charge is 2.39. The molecule has 0 atom stereocenters. The van der Waals surface area contributed by atoms with Crippen molar-refractivity contribution in [3.05, 3.63) is 63.0 Å². The van der Waals surface area contributed by atoms with Gasteiger partial charge in [0.1, 0.15) is 6.54 Å². The van der Waals surface area contributed by atoms with E-state index in [4.69, 9.17) is 28.3 Å². The van der Waals surface area contributed by atoms with E-state index in [2.05, 4.69) is 10.3 Å². The minimum absolute atomic E-state index is 0.152. The largest absolute Gasteiger partial charge is 0.480 e. The molecule has 2 aromatic rings. The van der Waals surface area contributed by atoms with Gasteiger partial charge in [0.05, 0.1) is 21.9 Å². The summed E-state index contributed by atoms with van der Waals surface area (Å²) >= 11 is 12.9. The van der Waals surface area contributed by atoms with Crippen molar-refractivity contribution in [1.82, 2.24) is 5.32 Å². The minimum atomic E-state index is -1.15. The molecule has 7 nitrogen and oxygen atoms in total. The maximum atomic E-state index is 12.9. The van der Waals surface area contributed by atoms with Crippen LogP contribution in [-0.4, -0.2) is 34.6 Å². The molecule has 0 unspecified atom stereocenters. The first-order valence-electron chi connectivity index (χ1n) is 8.25. The zero-order valence-corrected chi connectivity index (χ0v) is 16.8. The molecule has 146 valence electrons. The summed E-state index contributed by atoms with van der Waals surface area (Å²) in [4.78, 5) is 42.3. The fraction of sp³-hybridized carbons (Fsp3) is 0.0526. The molecule has 0 aromatic heterocycles. The Labute approximate surface area is 179 Å². The Morgan fingerprint density at radius 3 is 2.52 bits per heavy atom. The molecule has 29 heavy (non-hydrogen) atoms. The van der Waals surface area contributed by atoms with Crippen LogP contribution in [0, 0.1) is 0 Å². The monoisotopic (exact) mass is 447 g/mol. The molecule has 2 aliphatic rings. The van der Waals surface area contributed by atoms with Crippen LogP contribution in [0.5, 0.6) is 0 Å². The van der Waals surface area contributed by atoms with Gasteiger partial charge in [0.2, 0.25) is 0 Å². The van der Waals surface area contributed by atoms with E-state index in [0.29, 0.717) is 27.0 Å². The van der Waals surface area contributed by atoms with Crippen molar-refractivity contribution in [1.29, 1.82) is 0 Å². The van der Waals surface area contributed by atoms with Crippen LogP contribution < -0.4 is 10.2 Å². The fourth-order valence-corrected chi connectivity index (χ4v) is 4.50. The predicted octanol–water partition coefficient (Wildman–Crippen LogP) is 3.69. The van der Waals surface area contributed by atoms with Gasteiger partial charge in [-0.05, 0) is 36.0 Å². The number of aliphatic carboxylic acids is 1. The molecular weight excluding hydrogens is 437 g/mol. The molecule has 0 bridgehead atoms. The zero-order valence-electron chi connectivity index (χ0n) is 14.5. The van der Waals surface area contributed by atoms with E-state index in [-0.39, 0.29) is 15.6 Å². The van der Waals surface area contributed by atoms with Gasteiger partial charge in [-0.3, -0.25) is 19.3 Å². The Bertz CT molecular complexity index is 1130. The number of nitrogens with zero attached hydrogens (tertiary/aromatic N) is 2. The van der Waals surface area contributed by atoms with Crippen molar-refractivity contribution < 1.29 is 19.5 Å². The van der Waals surface area contributed by atoms with Crippen LogP contribution in [0.4, 0.5) is 11.4 Å². The van der Waals surface area contributed by atoms with E-state index in [0.717, 1.165) is 16.7 Å². The Kier molecular flexibility index (Phi) is 5.08. The molecule has 2 aromatic carbocycles. The van der Waals surface area contributed by atoms with E-state index >= 15 is 0 Å². The number of aliphatic imine (C=N–C) groups is 1. The van der Waals surface area contributed by atoms with Gasteiger partial charge in [0.15, 0.2) is 5.17 Å². The van der Waals surface area contributed by atoms with E-state index in [9.17, 15) is 14.4 Å². The molecule has 1 saturated heterocycles. The highest BCUT2D eigenvalue weighted by atomic mass is 35.5. The number of carbonyl (C=O) groups is 3. The Morgan fingerprint density at radius 1 is 1.14 bits per heavy atom. The van der Waals surface area contributed by atoms with Gasteiger partial charge in [-0.25, -0.2) is 4.99 Å². The molecule has 2 heterocycles. The molecule has 1 fully saturated rings. The number of amides is 2. The van der Waals surface area contributed by atoms with E-state index in [1.807, 2.05) is 0 Å². The number of carboxylic acid groups (broad SMARTS) is 1. The number of amidine groups is 1. The quantitative estimate of drug-likeness (QED) is 0.698. The molecule has 4 rings (SSSR count). The third-order valence-electron chi connectivity index (χ3n) is 4.15. The standard InChI is InChI=1S/C19H11Cl2N3O4S/c20-9-5-10(21)7-11(6-9)22-19-23-17(27)16(29-19)15-12-3-1-2-4-13(12)24(18(15)28)8-14(25)26/h1-7H,8H2,(H,25,26)(H,22,23,27). The number of para-hydroxylation sites is 1. The van der Waals surface area contributed by atoms with Crippen LogP contribution in [-0.2, 0) is 14.4 Å². The normalized spacial score (nSPS) is 19.7. The van der Waals surface area contributed by atoms with Crippen molar-refractivity contribution in [2.24, 2.45) is 4.99 Å². The fourth-order valence-electron chi connectivity index (χ4n) is 3.05. The van der Waals surface area contributed by atoms with Gasteiger partial charge >= 0.3 is 5.97 Å². The van der Waals surface area contributed by atoms with Crippen LogP contribution in [0.25, 0.3) is 5.57 Å². The molecule has 2 amide bonds. The number of fused-ring (bicyclic) bond motifs is 1. The molecule has 2 N–H and O–H groups in total. The highest BCUT2D eigenvalue weighted by Crippen LogP contribution is 2.42. The SMILES string of the molecule is O=C(O)CN1C(=O)C(=C2SC(=Nc3cc(Cl)cc(Cl)c3)NC2=O)c2ccccc21. The van der Waals surface area contributed by atoms with Crippen LogP contribution >= 0.6 is 35.0 Å². The Morgan fingerprint density at radius 2 is 1.83 bits per heavy atom. The van der Waals surface area contributed by atoms with Crippen molar-refractivity contribution in [3.8, 4) is 0 Å². The predicted molar refractivity (Wildman–Crippen MR) is 113 cm³/mol. The van der Waals surface area contributed by atoms with Gasteiger partial charge in [-0.1, -0.05) is 41.4 Å². The van der Waals surface area contributed by atoms with Crippen molar-refractivity contribution in [2.75, 3.05) is 11.4 Å². The summed E-state index contributed by atoms with van der Waals surface area (Å²) in [6, 6.07) is 11.5. The minimum Gasteiger partial charge on any atom is -0.480 e. The van der Waals surface area contributed by atoms with Crippen molar-refractivity contribution in [2.45, 2.75) is 0 Å². The number of anilines is 1. The summed E-state index contributed by atoms with van der Waals surface area (Å²) in [5.74, 6) is -2.18. The molecule has 0 saturated carbocycles. The number of hydrogen-bond acceptors (Lipinski definition) is 5. The number of benzene rings is 2. The summed E-state index contributed by atoms with van der Waals surface area (Å²) < 4.78 is 0. The average Bonchev–Trinajstić information content (AvgIpc) is 3.11. The number of rotatable bonds is 3. The first-order chi connectivity index (χ1) is 13.8. The van der Waals surface area contributed by atoms with Crippen molar-refractivity contribution in [3.63, 3.8) is 0 Å². The number of halogens is 2. The van der Waals surface area contributed by atoms with Gasteiger partial charge in [-0.2, -0.15) is 0 Å². The lowest BCUT2D eigenvalue weighted by molar-refractivity contribution is -0.136. The lowest BCUT2D eigenvalue weighted by Crippen LogP contribution is -2.32. The summed E-state index contributed by atoms with van der Waals surface area (Å²) in [6.07, 6.45) is 0. The van der Waals surface area contributed by atoms with E-state index in [1.54, 1.807) is 42.5 Å². The second-order valence-electron chi connectivity index (χ2n) is 6.11. The van der Waals surface area contributed by atoms with Crippen LogP contribution in [0.1, 0.15) is 5.56 Å². The van der Waals surface area contributed by atoms with Gasteiger partial charge < -0.3 is 10.4 Å². The summed E-state index contributed by atoms with van der Waals surface area (Å²) in [7, 11) is 0. The average molecular weight is 448 g/mol. The summed E-state index contributed by atoms with van der Waals surface area (Å²) in [5.41, 5.74) is 1.55. The van der Waals surface area contributed by atoms with Crippen LogP contribution in [0.2, 0.25) is 10.0 Å². The number of thioether (sulfide) groups is 1. The van der Waals surface area contributed by atoms with Gasteiger partial charge in [-0.15, -0.1) is 0 Å². The molecule has 0 spiro atoms.